The number of nitrogens with zero attached hydrogens (tertiary/aromatic N) is 1. The second kappa shape index (κ2) is 7.57. The highest BCUT2D eigenvalue weighted by Crippen LogP contribution is 2.19. The summed E-state index contributed by atoms with van der Waals surface area (Å²) in [5, 5.41) is 1.86. The highest BCUT2D eigenvalue weighted by atomic mass is 35.5. The summed E-state index contributed by atoms with van der Waals surface area (Å²) >= 11 is 5.85. The van der Waals surface area contributed by atoms with Crippen molar-refractivity contribution in [1.82, 2.24) is 10.4 Å². The third-order valence-corrected chi connectivity index (χ3v) is 3.76. The van der Waals surface area contributed by atoms with Crippen molar-refractivity contribution in [2.24, 2.45) is 0 Å². The molecule has 6 heteroatoms. The van der Waals surface area contributed by atoms with Crippen molar-refractivity contribution in [3.63, 3.8) is 0 Å². The van der Waals surface area contributed by atoms with E-state index in [1.807, 2.05) is 20.8 Å². The van der Waals surface area contributed by atoms with Crippen molar-refractivity contribution in [2.75, 3.05) is 7.11 Å². The van der Waals surface area contributed by atoms with Crippen LogP contribution in [-0.4, -0.2) is 29.5 Å². The highest BCUT2D eigenvalue weighted by molar-refractivity contribution is 6.30. The van der Waals surface area contributed by atoms with Gasteiger partial charge in [-0.3, -0.25) is 15.0 Å². The van der Waals surface area contributed by atoms with Crippen LogP contribution in [0.4, 0.5) is 0 Å². The molecule has 0 heterocycles. The number of benzene rings is 2. The van der Waals surface area contributed by atoms with Gasteiger partial charge in [0.05, 0.1) is 12.6 Å². The fraction of sp³-hybridized carbons (Fsp3) is 0.263. The lowest BCUT2D eigenvalue weighted by atomic mass is 10.1. The van der Waals surface area contributed by atoms with E-state index < -0.39 is 5.54 Å². The molecule has 2 aromatic rings. The van der Waals surface area contributed by atoms with Crippen LogP contribution in [0.25, 0.3) is 0 Å². The van der Waals surface area contributed by atoms with Crippen LogP contribution in [0, 0.1) is 0 Å². The summed E-state index contributed by atoms with van der Waals surface area (Å²) < 4.78 is 5.16. The molecule has 2 aromatic carbocycles. The molecule has 0 aliphatic rings. The molecule has 2 amide bonds. The van der Waals surface area contributed by atoms with E-state index in [4.69, 9.17) is 16.3 Å². The molecule has 0 unspecified atom stereocenters. The fourth-order valence-electron chi connectivity index (χ4n) is 2.18. The summed E-state index contributed by atoms with van der Waals surface area (Å²) in [4.78, 5) is 25.4. The number of nitrogens with one attached hydrogen (secondary N) is 1. The summed E-state index contributed by atoms with van der Waals surface area (Å²) in [6.45, 7) is 5.52. The molecule has 0 bridgehead atoms. The number of hydrazine groups is 1. The van der Waals surface area contributed by atoms with Gasteiger partial charge in [0.25, 0.3) is 11.8 Å². The average molecular weight is 361 g/mol. The van der Waals surface area contributed by atoms with Crippen LogP contribution in [-0.2, 0) is 0 Å². The SMILES string of the molecule is COc1cccc(C(=O)N(NC(=O)c2ccc(Cl)cc2)C(C)(C)C)c1. The van der Waals surface area contributed by atoms with Crippen LogP contribution in [0.3, 0.4) is 0 Å². The van der Waals surface area contributed by atoms with E-state index in [0.717, 1.165) is 0 Å². The predicted octanol–water partition coefficient (Wildman–Crippen LogP) is 3.93. The first-order chi connectivity index (χ1) is 11.7. The van der Waals surface area contributed by atoms with Crippen LogP contribution in [0.5, 0.6) is 5.75 Å². The molecular weight excluding hydrogens is 340 g/mol. The highest BCUT2D eigenvalue weighted by Gasteiger charge is 2.29. The van der Waals surface area contributed by atoms with Crippen molar-refractivity contribution >= 4 is 23.4 Å². The number of carbonyl (C=O) groups excluding carboxylic acids is 2. The second-order valence-electron chi connectivity index (χ2n) is 6.49. The van der Waals surface area contributed by atoms with Crippen LogP contribution in [0.1, 0.15) is 41.5 Å². The van der Waals surface area contributed by atoms with Gasteiger partial charge in [0.1, 0.15) is 5.75 Å². The van der Waals surface area contributed by atoms with Crippen molar-refractivity contribution in [3.05, 3.63) is 64.7 Å². The van der Waals surface area contributed by atoms with Crippen LogP contribution in [0.2, 0.25) is 5.02 Å². The Morgan fingerprint density at radius 1 is 1.04 bits per heavy atom. The average Bonchev–Trinajstić information content (AvgIpc) is 2.58. The molecule has 5 nitrogen and oxygen atoms in total. The molecule has 0 atom stereocenters. The monoisotopic (exact) mass is 360 g/mol. The molecule has 1 N–H and O–H groups in total. The number of amides is 2. The Morgan fingerprint density at radius 3 is 2.24 bits per heavy atom. The lowest BCUT2D eigenvalue weighted by Crippen LogP contribution is -2.55. The van der Waals surface area contributed by atoms with Gasteiger partial charge in [-0.15, -0.1) is 0 Å². The molecule has 0 fully saturated rings. The number of methoxy groups -OCH3 is 1. The molecule has 0 spiro atoms. The molecule has 132 valence electrons. The third-order valence-electron chi connectivity index (χ3n) is 3.51. The minimum atomic E-state index is -0.623. The first kappa shape index (κ1) is 18.8. The van der Waals surface area contributed by atoms with E-state index >= 15 is 0 Å². The minimum absolute atomic E-state index is 0.325. The Bertz CT molecular complexity index is 767. The molecule has 0 radical (unpaired) electrons. The first-order valence-corrected chi connectivity index (χ1v) is 8.15. The molecule has 0 saturated heterocycles. The van der Waals surface area contributed by atoms with Crippen molar-refractivity contribution in [3.8, 4) is 5.75 Å². The number of rotatable bonds is 3. The van der Waals surface area contributed by atoms with E-state index in [0.29, 0.717) is 21.9 Å². The van der Waals surface area contributed by atoms with E-state index in [2.05, 4.69) is 5.43 Å². The first-order valence-electron chi connectivity index (χ1n) is 7.77. The van der Waals surface area contributed by atoms with Gasteiger partial charge in [0, 0.05) is 16.1 Å². The third kappa shape index (κ3) is 4.73. The number of carbonyl (C=O) groups is 2. The summed E-state index contributed by atoms with van der Waals surface area (Å²) in [6.07, 6.45) is 0. The Hall–Kier alpha value is -2.53. The van der Waals surface area contributed by atoms with Crippen LogP contribution >= 0.6 is 11.6 Å². The zero-order valence-corrected chi connectivity index (χ0v) is 15.4. The Kier molecular flexibility index (Phi) is 5.69. The number of hydrogen-bond acceptors (Lipinski definition) is 3. The maximum Gasteiger partial charge on any atom is 0.272 e. The van der Waals surface area contributed by atoms with Gasteiger partial charge in [-0.25, -0.2) is 5.01 Å². The largest absolute Gasteiger partial charge is 0.497 e. The quantitative estimate of drug-likeness (QED) is 0.843. The van der Waals surface area contributed by atoms with E-state index in [1.54, 1.807) is 48.5 Å². The fourth-order valence-corrected chi connectivity index (χ4v) is 2.30. The van der Waals surface area contributed by atoms with Gasteiger partial charge >= 0.3 is 0 Å². The zero-order chi connectivity index (χ0) is 18.6. The van der Waals surface area contributed by atoms with Crippen LogP contribution < -0.4 is 10.2 Å². The second-order valence-corrected chi connectivity index (χ2v) is 6.93. The normalized spacial score (nSPS) is 10.9. The lowest BCUT2D eigenvalue weighted by Gasteiger charge is -2.35. The molecule has 25 heavy (non-hydrogen) atoms. The molecule has 0 aliphatic carbocycles. The summed E-state index contributed by atoms with van der Waals surface area (Å²) in [6, 6.07) is 13.3. The topological polar surface area (TPSA) is 58.6 Å². The summed E-state index contributed by atoms with van der Waals surface area (Å²) in [5.41, 5.74) is 2.90. The molecule has 0 saturated carbocycles. The summed E-state index contributed by atoms with van der Waals surface area (Å²) in [7, 11) is 1.54. The lowest BCUT2D eigenvalue weighted by molar-refractivity contribution is 0.0358. The Balaban J connectivity index is 2.28. The smallest absolute Gasteiger partial charge is 0.272 e. The van der Waals surface area contributed by atoms with Gasteiger partial charge in [0.15, 0.2) is 0 Å². The Labute approximate surface area is 152 Å². The molecule has 2 rings (SSSR count). The van der Waals surface area contributed by atoms with Gasteiger partial charge < -0.3 is 4.74 Å². The number of hydrogen-bond donors (Lipinski definition) is 1. The molecule has 0 aliphatic heterocycles. The predicted molar refractivity (Wildman–Crippen MR) is 97.8 cm³/mol. The molecular formula is C19H21ClN2O3. The van der Waals surface area contributed by atoms with E-state index in [1.165, 1.54) is 12.1 Å². The maximum absolute atomic E-state index is 12.9. The number of ether oxygens (including phenoxy) is 1. The van der Waals surface area contributed by atoms with Gasteiger partial charge in [0.2, 0.25) is 0 Å². The number of halogens is 1. The van der Waals surface area contributed by atoms with E-state index in [-0.39, 0.29) is 11.8 Å². The maximum atomic E-state index is 12.9. The van der Waals surface area contributed by atoms with Crippen molar-refractivity contribution in [1.29, 1.82) is 0 Å². The molecule has 0 aromatic heterocycles. The van der Waals surface area contributed by atoms with Crippen LogP contribution in [0.15, 0.2) is 48.5 Å². The summed E-state index contributed by atoms with van der Waals surface area (Å²) in [5.74, 6) is -0.139. The Morgan fingerprint density at radius 2 is 1.68 bits per heavy atom. The van der Waals surface area contributed by atoms with E-state index in [9.17, 15) is 9.59 Å². The van der Waals surface area contributed by atoms with Gasteiger partial charge in [-0.05, 0) is 63.2 Å². The standard InChI is InChI=1S/C19H21ClN2O3/c1-19(2,3)22(18(24)14-6-5-7-16(12-14)25-4)21-17(23)13-8-10-15(20)11-9-13/h5-12H,1-4H3,(H,21,23). The zero-order valence-electron chi connectivity index (χ0n) is 14.7. The minimum Gasteiger partial charge on any atom is -0.497 e. The van der Waals surface area contributed by atoms with Crippen molar-refractivity contribution in [2.45, 2.75) is 26.3 Å². The van der Waals surface area contributed by atoms with Gasteiger partial charge in [-0.1, -0.05) is 17.7 Å². The van der Waals surface area contributed by atoms with Gasteiger partial charge in [-0.2, -0.15) is 0 Å². The van der Waals surface area contributed by atoms with Crippen molar-refractivity contribution < 1.29 is 14.3 Å².